The van der Waals surface area contributed by atoms with Gasteiger partial charge in [-0.25, -0.2) is 8.78 Å². The molecule has 2 rings (SSSR count). The largest absolute Gasteiger partial charge is 0.207 e. The van der Waals surface area contributed by atoms with Gasteiger partial charge in [-0.05, 0) is 58.2 Å². The van der Waals surface area contributed by atoms with Gasteiger partial charge in [0.05, 0.1) is 9.85 Å². The molecule has 2 aromatic carbocycles. The highest BCUT2D eigenvalue weighted by Crippen LogP contribution is 2.37. The van der Waals surface area contributed by atoms with Crippen molar-refractivity contribution in [3.63, 3.8) is 0 Å². The first-order valence-electron chi connectivity index (χ1n) is 5.44. The fourth-order valence-electron chi connectivity index (χ4n) is 1.82. The lowest BCUT2D eigenvalue weighted by Gasteiger charge is -2.15. The van der Waals surface area contributed by atoms with Crippen LogP contribution in [-0.2, 0) is 0 Å². The number of aryl methyl sites for hydroxylation is 1. The Morgan fingerprint density at radius 3 is 2.42 bits per heavy atom. The molecule has 0 fully saturated rings. The zero-order valence-electron chi connectivity index (χ0n) is 9.85. The number of halogens is 5. The number of rotatable bonds is 2. The lowest BCUT2D eigenvalue weighted by atomic mass is 10.00. The van der Waals surface area contributed by atoms with E-state index in [9.17, 15) is 8.78 Å². The molecule has 19 heavy (non-hydrogen) atoms. The maximum Gasteiger partial charge on any atom is 0.129 e. The Morgan fingerprint density at radius 1 is 1.11 bits per heavy atom. The topological polar surface area (TPSA) is 0 Å². The lowest BCUT2D eigenvalue weighted by molar-refractivity contribution is 0.611. The zero-order valence-corrected chi connectivity index (χ0v) is 13.8. The fourth-order valence-corrected chi connectivity index (χ4v) is 3.18. The van der Waals surface area contributed by atoms with Gasteiger partial charge in [0.1, 0.15) is 11.6 Å². The molecule has 1 atom stereocenters. The second-order valence-corrected chi connectivity index (χ2v) is 6.33. The highest BCUT2D eigenvalue weighted by molar-refractivity contribution is 9.10. The molecule has 0 spiro atoms. The molecule has 0 saturated heterocycles. The normalized spacial score (nSPS) is 12.5. The molecule has 0 heterocycles. The monoisotopic (exact) mass is 408 g/mol. The Bertz CT molecular complexity index is 629. The second-order valence-electron chi connectivity index (χ2n) is 4.15. The minimum atomic E-state index is -0.376. The van der Waals surface area contributed by atoms with Crippen LogP contribution in [0.15, 0.2) is 34.8 Å². The summed E-state index contributed by atoms with van der Waals surface area (Å²) in [5.74, 6) is -0.683. The van der Waals surface area contributed by atoms with Gasteiger partial charge in [0.15, 0.2) is 0 Å². The predicted octanol–water partition coefficient (Wildman–Crippen LogP) is 6.17. The van der Waals surface area contributed by atoms with Crippen molar-refractivity contribution in [3.8, 4) is 0 Å². The first-order chi connectivity index (χ1) is 8.90. The minimum Gasteiger partial charge on any atom is -0.207 e. The standard InChI is InChI=1S/C14H9Br2ClF2/c1-7-4-8(18)2-3-9(7)14(16)10-5-12(17)11(15)6-13(10)19/h2-6,14H,1H3. The van der Waals surface area contributed by atoms with Crippen LogP contribution < -0.4 is 0 Å². The molecule has 0 aliphatic carbocycles. The Morgan fingerprint density at radius 2 is 1.79 bits per heavy atom. The van der Waals surface area contributed by atoms with Gasteiger partial charge in [-0.3, -0.25) is 0 Å². The molecule has 0 aliphatic rings. The first kappa shape index (κ1) is 14.9. The second kappa shape index (κ2) is 5.90. The van der Waals surface area contributed by atoms with E-state index in [-0.39, 0.29) is 16.5 Å². The van der Waals surface area contributed by atoms with Gasteiger partial charge < -0.3 is 0 Å². The van der Waals surface area contributed by atoms with Crippen LogP contribution >= 0.6 is 43.5 Å². The average Bonchev–Trinajstić information content (AvgIpc) is 2.33. The van der Waals surface area contributed by atoms with Gasteiger partial charge >= 0.3 is 0 Å². The Hall–Kier alpha value is -0.450. The van der Waals surface area contributed by atoms with Crippen molar-refractivity contribution in [1.29, 1.82) is 0 Å². The van der Waals surface area contributed by atoms with E-state index in [0.29, 0.717) is 15.1 Å². The summed E-state index contributed by atoms with van der Waals surface area (Å²) < 4.78 is 27.6. The fraction of sp³-hybridized carbons (Fsp3) is 0.143. The summed E-state index contributed by atoms with van der Waals surface area (Å²) in [6.45, 7) is 1.78. The summed E-state index contributed by atoms with van der Waals surface area (Å²) in [7, 11) is 0. The molecular weight excluding hydrogens is 401 g/mol. The van der Waals surface area contributed by atoms with E-state index >= 15 is 0 Å². The molecule has 0 radical (unpaired) electrons. The Kier molecular flexibility index (Phi) is 4.64. The highest BCUT2D eigenvalue weighted by atomic mass is 79.9. The minimum absolute atomic E-state index is 0.310. The molecule has 100 valence electrons. The summed E-state index contributed by atoms with van der Waals surface area (Å²) in [6, 6.07) is 7.30. The van der Waals surface area contributed by atoms with Crippen LogP contribution in [0.5, 0.6) is 0 Å². The third kappa shape index (κ3) is 3.18. The molecule has 1 unspecified atom stereocenters. The summed E-state index contributed by atoms with van der Waals surface area (Å²) in [5.41, 5.74) is 1.97. The van der Waals surface area contributed by atoms with Crippen LogP contribution in [0, 0.1) is 18.6 Å². The maximum absolute atomic E-state index is 14.0. The summed E-state index contributed by atoms with van der Waals surface area (Å²) >= 11 is 12.6. The molecule has 0 N–H and O–H groups in total. The van der Waals surface area contributed by atoms with Gasteiger partial charge in [0.25, 0.3) is 0 Å². The van der Waals surface area contributed by atoms with Crippen LogP contribution in [0.4, 0.5) is 8.78 Å². The lowest BCUT2D eigenvalue weighted by Crippen LogP contribution is -2.00. The zero-order chi connectivity index (χ0) is 14.2. The molecule has 0 amide bonds. The van der Waals surface area contributed by atoms with E-state index in [1.165, 1.54) is 18.2 Å². The van der Waals surface area contributed by atoms with Crippen molar-refractivity contribution in [3.05, 3.63) is 68.2 Å². The molecule has 0 aromatic heterocycles. The number of benzene rings is 2. The van der Waals surface area contributed by atoms with Gasteiger partial charge in [-0.1, -0.05) is 33.6 Å². The van der Waals surface area contributed by atoms with E-state index in [1.54, 1.807) is 19.1 Å². The Labute approximate surface area is 132 Å². The SMILES string of the molecule is Cc1cc(F)ccc1C(Br)c1cc(Cl)c(Br)cc1F. The molecule has 0 aliphatic heterocycles. The summed E-state index contributed by atoms with van der Waals surface area (Å²) in [4.78, 5) is -0.376. The van der Waals surface area contributed by atoms with E-state index in [0.717, 1.165) is 11.1 Å². The molecule has 0 saturated carbocycles. The third-order valence-electron chi connectivity index (χ3n) is 2.82. The summed E-state index contributed by atoms with van der Waals surface area (Å²) in [5, 5.41) is 0.431. The van der Waals surface area contributed by atoms with Crippen molar-refractivity contribution >= 4 is 43.5 Å². The molecule has 0 bridgehead atoms. The average molecular weight is 410 g/mol. The summed E-state index contributed by atoms with van der Waals surface area (Å²) in [6.07, 6.45) is 0. The molecule has 2 aromatic rings. The number of hydrogen-bond acceptors (Lipinski definition) is 0. The maximum atomic E-state index is 14.0. The van der Waals surface area contributed by atoms with Gasteiger partial charge in [0, 0.05) is 10.0 Å². The third-order valence-corrected chi connectivity index (χ3v) is 5.00. The Balaban J connectivity index is 2.49. The van der Waals surface area contributed by atoms with Gasteiger partial charge in [-0.2, -0.15) is 0 Å². The number of alkyl halides is 1. The van der Waals surface area contributed by atoms with Crippen LogP contribution in [-0.4, -0.2) is 0 Å². The van der Waals surface area contributed by atoms with E-state index in [4.69, 9.17) is 11.6 Å². The number of hydrogen-bond donors (Lipinski definition) is 0. The van der Waals surface area contributed by atoms with E-state index in [1.807, 2.05) is 0 Å². The van der Waals surface area contributed by atoms with E-state index < -0.39 is 0 Å². The molecule has 0 nitrogen and oxygen atoms in total. The van der Waals surface area contributed by atoms with Crippen molar-refractivity contribution in [1.82, 2.24) is 0 Å². The van der Waals surface area contributed by atoms with Crippen LogP contribution in [0.25, 0.3) is 0 Å². The molecular formula is C14H9Br2ClF2. The molecule has 5 heteroatoms. The van der Waals surface area contributed by atoms with Crippen molar-refractivity contribution in [2.45, 2.75) is 11.8 Å². The predicted molar refractivity (Wildman–Crippen MR) is 81.0 cm³/mol. The van der Waals surface area contributed by atoms with Crippen LogP contribution in [0.2, 0.25) is 5.02 Å². The van der Waals surface area contributed by atoms with Crippen molar-refractivity contribution in [2.24, 2.45) is 0 Å². The van der Waals surface area contributed by atoms with Crippen molar-refractivity contribution in [2.75, 3.05) is 0 Å². The van der Waals surface area contributed by atoms with Crippen LogP contribution in [0.1, 0.15) is 21.5 Å². The van der Waals surface area contributed by atoms with Gasteiger partial charge in [-0.15, -0.1) is 0 Å². The van der Waals surface area contributed by atoms with Crippen molar-refractivity contribution < 1.29 is 8.78 Å². The van der Waals surface area contributed by atoms with E-state index in [2.05, 4.69) is 31.9 Å². The highest BCUT2D eigenvalue weighted by Gasteiger charge is 2.18. The smallest absolute Gasteiger partial charge is 0.129 e. The van der Waals surface area contributed by atoms with Crippen LogP contribution in [0.3, 0.4) is 0 Å². The van der Waals surface area contributed by atoms with Gasteiger partial charge in [0.2, 0.25) is 0 Å². The quantitative estimate of drug-likeness (QED) is 0.410. The first-order valence-corrected chi connectivity index (χ1v) is 7.53.